The van der Waals surface area contributed by atoms with E-state index in [2.05, 4.69) is 27.4 Å². The summed E-state index contributed by atoms with van der Waals surface area (Å²) >= 11 is 1.19. The number of carbonyl (C=O) groups is 3. The first kappa shape index (κ1) is 25.7. The molecular formula is C25H27N5O4S. The van der Waals surface area contributed by atoms with E-state index in [-0.39, 0.29) is 23.1 Å². The number of thioether (sulfide) groups is 1. The molecule has 3 rings (SSSR count). The molecule has 1 aromatic heterocycles. The summed E-state index contributed by atoms with van der Waals surface area (Å²) in [5.74, 6) is -0.491. The largest absolute Gasteiger partial charge is 0.465 e. The number of anilines is 1. The smallest absolute Gasteiger partial charge is 0.339 e. The summed E-state index contributed by atoms with van der Waals surface area (Å²) < 4.78 is 6.56. The van der Waals surface area contributed by atoms with E-state index in [0.717, 1.165) is 5.56 Å². The monoisotopic (exact) mass is 493 g/mol. The van der Waals surface area contributed by atoms with E-state index < -0.39 is 12.0 Å². The van der Waals surface area contributed by atoms with Crippen molar-refractivity contribution in [2.45, 2.75) is 31.6 Å². The van der Waals surface area contributed by atoms with Gasteiger partial charge in [-0.3, -0.25) is 9.59 Å². The minimum Gasteiger partial charge on any atom is -0.465 e. The van der Waals surface area contributed by atoms with Crippen LogP contribution in [0.15, 0.2) is 66.3 Å². The lowest BCUT2D eigenvalue weighted by molar-refractivity contribution is -0.113. The van der Waals surface area contributed by atoms with Crippen LogP contribution in [0.3, 0.4) is 0 Å². The van der Waals surface area contributed by atoms with Gasteiger partial charge in [0.25, 0.3) is 5.91 Å². The van der Waals surface area contributed by atoms with E-state index in [1.165, 1.54) is 18.9 Å². The van der Waals surface area contributed by atoms with Gasteiger partial charge in [-0.1, -0.05) is 47.7 Å². The maximum absolute atomic E-state index is 12.6. The van der Waals surface area contributed by atoms with Gasteiger partial charge in [-0.25, -0.2) is 4.79 Å². The summed E-state index contributed by atoms with van der Waals surface area (Å²) in [7, 11) is 1.28. The second kappa shape index (κ2) is 12.0. The summed E-state index contributed by atoms with van der Waals surface area (Å²) in [6, 6.07) is 13.5. The molecule has 0 unspecified atom stereocenters. The molecule has 1 heterocycles. The molecule has 2 amide bonds. The fourth-order valence-corrected chi connectivity index (χ4v) is 4.03. The number of carbonyl (C=O) groups excluding carboxylic acids is 3. The molecule has 0 bridgehead atoms. The standard InChI is InChI=1S/C25H27N5O4S/c1-5-14-30-22(17(3)26-23(32)18-12-10-16(2)11-13-18)28-29-25(30)35-15-21(31)27-20-9-7-6-8-19(20)24(33)34-4/h5-13,17H,1,14-15H2,2-4H3,(H,26,32)(H,27,31)/t17-/m0/s1. The zero-order chi connectivity index (χ0) is 25.4. The molecule has 3 aromatic rings. The average molecular weight is 494 g/mol. The lowest BCUT2D eigenvalue weighted by atomic mass is 10.1. The average Bonchev–Trinajstić information content (AvgIpc) is 3.26. The van der Waals surface area contributed by atoms with Crippen molar-refractivity contribution in [2.75, 3.05) is 18.2 Å². The van der Waals surface area contributed by atoms with Gasteiger partial charge in [0.05, 0.1) is 30.2 Å². The van der Waals surface area contributed by atoms with Crippen LogP contribution in [0.4, 0.5) is 5.69 Å². The third-order valence-electron chi connectivity index (χ3n) is 5.04. The Hall–Kier alpha value is -3.92. The Morgan fingerprint density at radius 1 is 1.14 bits per heavy atom. The molecular weight excluding hydrogens is 466 g/mol. The third kappa shape index (κ3) is 6.57. The van der Waals surface area contributed by atoms with Gasteiger partial charge in [-0.15, -0.1) is 16.8 Å². The van der Waals surface area contributed by atoms with Crippen molar-refractivity contribution in [3.8, 4) is 0 Å². The van der Waals surface area contributed by atoms with Crippen LogP contribution in [-0.2, 0) is 16.1 Å². The quantitative estimate of drug-likeness (QED) is 0.251. The zero-order valence-corrected chi connectivity index (χ0v) is 20.6. The molecule has 2 N–H and O–H groups in total. The molecule has 1 atom stereocenters. The number of allylic oxidation sites excluding steroid dienone is 1. The number of para-hydroxylation sites is 1. The zero-order valence-electron chi connectivity index (χ0n) is 19.8. The van der Waals surface area contributed by atoms with E-state index in [4.69, 9.17) is 4.74 Å². The fourth-order valence-electron chi connectivity index (χ4n) is 3.27. The van der Waals surface area contributed by atoms with Crippen LogP contribution in [0, 0.1) is 6.92 Å². The van der Waals surface area contributed by atoms with Gasteiger partial charge in [-0.05, 0) is 38.1 Å². The van der Waals surface area contributed by atoms with Crippen molar-refractivity contribution < 1.29 is 19.1 Å². The molecule has 2 aromatic carbocycles. The van der Waals surface area contributed by atoms with Gasteiger partial charge in [0.15, 0.2) is 11.0 Å². The number of nitrogens with one attached hydrogen (secondary N) is 2. The number of nitrogens with zero attached hydrogens (tertiary/aromatic N) is 3. The second-order valence-electron chi connectivity index (χ2n) is 7.68. The Balaban J connectivity index is 1.68. The predicted molar refractivity (Wildman–Crippen MR) is 134 cm³/mol. The number of aryl methyl sites for hydroxylation is 1. The molecule has 0 spiro atoms. The van der Waals surface area contributed by atoms with Gasteiger partial charge in [0.1, 0.15) is 0 Å². The SMILES string of the molecule is C=CCn1c(SCC(=O)Nc2ccccc2C(=O)OC)nnc1[C@H](C)NC(=O)c1ccc(C)cc1. The maximum atomic E-state index is 12.6. The summed E-state index contributed by atoms with van der Waals surface area (Å²) in [5.41, 5.74) is 2.25. The summed E-state index contributed by atoms with van der Waals surface area (Å²) in [5, 5.41) is 14.6. The molecule has 0 aliphatic carbocycles. The Morgan fingerprint density at radius 3 is 2.54 bits per heavy atom. The van der Waals surface area contributed by atoms with Crippen LogP contribution < -0.4 is 10.6 Å². The molecule has 0 saturated carbocycles. The minimum absolute atomic E-state index is 0.0366. The van der Waals surface area contributed by atoms with Crippen molar-refractivity contribution >= 4 is 35.2 Å². The Morgan fingerprint density at radius 2 is 1.86 bits per heavy atom. The van der Waals surface area contributed by atoms with Gasteiger partial charge >= 0.3 is 5.97 Å². The van der Waals surface area contributed by atoms with E-state index >= 15 is 0 Å². The fraction of sp³-hybridized carbons (Fsp3) is 0.240. The highest BCUT2D eigenvalue weighted by Crippen LogP contribution is 2.22. The number of amides is 2. The molecule has 0 fully saturated rings. The molecule has 0 radical (unpaired) electrons. The highest BCUT2D eigenvalue weighted by Gasteiger charge is 2.21. The van der Waals surface area contributed by atoms with E-state index in [1.807, 2.05) is 26.0 Å². The highest BCUT2D eigenvalue weighted by atomic mass is 32.2. The van der Waals surface area contributed by atoms with Crippen molar-refractivity contribution in [3.63, 3.8) is 0 Å². The number of ether oxygens (including phenoxy) is 1. The summed E-state index contributed by atoms with van der Waals surface area (Å²) in [4.78, 5) is 37.1. The molecule has 182 valence electrons. The van der Waals surface area contributed by atoms with E-state index in [9.17, 15) is 14.4 Å². The molecule has 35 heavy (non-hydrogen) atoms. The van der Waals surface area contributed by atoms with Crippen LogP contribution >= 0.6 is 11.8 Å². The van der Waals surface area contributed by atoms with Gasteiger partial charge in [0, 0.05) is 12.1 Å². The molecule has 9 nitrogen and oxygen atoms in total. The predicted octanol–water partition coefficient (Wildman–Crippen LogP) is 3.78. The summed E-state index contributed by atoms with van der Waals surface area (Å²) in [6.45, 7) is 7.97. The van der Waals surface area contributed by atoms with Crippen LogP contribution in [0.1, 0.15) is 45.1 Å². The number of hydrogen-bond acceptors (Lipinski definition) is 7. The van der Waals surface area contributed by atoms with Crippen LogP contribution in [0.25, 0.3) is 0 Å². The normalized spacial score (nSPS) is 11.4. The third-order valence-corrected chi connectivity index (χ3v) is 6.01. The Labute approximate surface area is 208 Å². The second-order valence-corrected chi connectivity index (χ2v) is 8.62. The lowest BCUT2D eigenvalue weighted by Gasteiger charge is -2.15. The van der Waals surface area contributed by atoms with Crippen LogP contribution in [0.2, 0.25) is 0 Å². The Bertz CT molecular complexity index is 1220. The topological polar surface area (TPSA) is 115 Å². The summed E-state index contributed by atoms with van der Waals surface area (Å²) in [6.07, 6.45) is 1.69. The first-order chi connectivity index (χ1) is 16.8. The van der Waals surface area contributed by atoms with Crippen molar-refractivity contribution in [1.29, 1.82) is 0 Å². The first-order valence-corrected chi connectivity index (χ1v) is 11.8. The molecule has 0 aliphatic rings. The van der Waals surface area contributed by atoms with Crippen molar-refractivity contribution in [3.05, 3.63) is 83.7 Å². The minimum atomic E-state index is -0.536. The number of esters is 1. The number of aromatic nitrogens is 3. The van der Waals surface area contributed by atoms with E-state index in [0.29, 0.717) is 28.8 Å². The number of rotatable bonds is 10. The first-order valence-electron chi connectivity index (χ1n) is 10.9. The maximum Gasteiger partial charge on any atom is 0.339 e. The van der Waals surface area contributed by atoms with Crippen LogP contribution in [-0.4, -0.2) is 45.4 Å². The molecule has 10 heteroatoms. The lowest BCUT2D eigenvalue weighted by Crippen LogP contribution is -2.28. The number of hydrogen-bond donors (Lipinski definition) is 2. The van der Waals surface area contributed by atoms with Gasteiger partial charge in [-0.2, -0.15) is 0 Å². The molecule has 0 saturated heterocycles. The highest BCUT2D eigenvalue weighted by molar-refractivity contribution is 7.99. The van der Waals surface area contributed by atoms with Gasteiger partial charge in [0.2, 0.25) is 5.91 Å². The number of benzene rings is 2. The molecule has 0 aliphatic heterocycles. The Kier molecular flexibility index (Phi) is 8.80. The van der Waals surface area contributed by atoms with Crippen LogP contribution in [0.5, 0.6) is 0 Å². The van der Waals surface area contributed by atoms with Crippen molar-refractivity contribution in [1.82, 2.24) is 20.1 Å². The number of methoxy groups -OCH3 is 1. The van der Waals surface area contributed by atoms with Gasteiger partial charge < -0.3 is 19.9 Å². The van der Waals surface area contributed by atoms with Crippen molar-refractivity contribution in [2.24, 2.45) is 0 Å². The van der Waals surface area contributed by atoms with E-state index in [1.54, 1.807) is 47.0 Å².